The van der Waals surface area contributed by atoms with Gasteiger partial charge in [0.25, 0.3) is 0 Å². The van der Waals surface area contributed by atoms with Crippen LogP contribution in [0.3, 0.4) is 0 Å². The predicted octanol–water partition coefficient (Wildman–Crippen LogP) is 3.54. The van der Waals surface area contributed by atoms with Gasteiger partial charge in [0, 0.05) is 9.79 Å². The molecule has 0 heterocycles. The van der Waals surface area contributed by atoms with Crippen molar-refractivity contribution >= 4 is 22.6 Å². The average molecular weight is 248 g/mol. The van der Waals surface area contributed by atoms with Crippen molar-refractivity contribution in [2.24, 2.45) is 0 Å². The van der Waals surface area contributed by atoms with Crippen LogP contribution in [0.4, 0.5) is 0 Å². The Labute approximate surface area is 102 Å². The minimum Gasteiger partial charge on any atom is -0.253 e. The lowest BCUT2D eigenvalue weighted by molar-refractivity contribution is 0.686. The van der Waals surface area contributed by atoms with Crippen LogP contribution in [0.1, 0.15) is 0 Å². The van der Waals surface area contributed by atoms with Gasteiger partial charge < -0.3 is 0 Å². The Morgan fingerprint density at radius 2 is 1.44 bits per heavy atom. The molecule has 3 heteroatoms. The van der Waals surface area contributed by atoms with E-state index in [0.717, 1.165) is 9.79 Å². The summed E-state index contributed by atoms with van der Waals surface area (Å²) >= 11 is 1.62. The third-order valence-electron chi connectivity index (χ3n) is 2.08. The van der Waals surface area contributed by atoms with Crippen LogP contribution in [0.2, 0.25) is 0 Å². The molecule has 0 bridgehead atoms. The standard InChI is InChI=1S/C13H12OS2/c14-16(13-9-5-2-6-10-13)11-15-12-7-3-1-4-8-12/h1-10H,11H2/t16-/m1/s1. The van der Waals surface area contributed by atoms with Gasteiger partial charge in [-0.3, -0.25) is 4.21 Å². The second kappa shape index (κ2) is 5.87. The molecule has 0 unspecified atom stereocenters. The molecule has 0 aromatic heterocycles. The molecule has 0 aliphatic rings. The summed E-state index contributed by atoms with van der Waals surface area (Å²) in [6, 6.07) is 19.6. The van der Waals surface area contributed by atoms with Crippen LogP contribution in [-0.2, 0) is 10.8 Å². The van der Waals surface area contributed by atoms with Crippen molar-refractivity contribution in [3.63, 3.8) is 0 Å². The summed E-state index contributed by atoms with van der Waals surface area (Å²) in [6.07, 6.45) is 0. The normalized spacial score (nSPS) is 12.2. The lowest BCUT2D eigenvalue weighted by atomic mass is 10.4. The van der Waals surface area contributed by atoms with Crippen LogP contribution >= 0.6 is 11.8 Å². The molecular weight excluding hydrogens is 236 g/mol. The molecule has 0 aliphatic carbocycles. The van der Waals surface area contributed by atoms with E-state index in [1.54, 1.807) is 11.8 Å². The summed E-state index contributed by atoms with van der Waals surface area (Å²) < 4.78 is 11.9. The van der Waals surface area contributed by atoms with Crippen molar-refractivity contribution in [2.75, 3.05) is 5.08 Å². The number of hydrogen-bond donors (Lipinski definition) is 0. The van der Waals surface area contributed by atoms with Crippen molar-refractivity contribution in [1.82, 2.24) is 0 Å². The number of thioether (sulfide) groups is 1. The van der Waals surface area contributed by atoms with Crippen molar-refractivity contribution in [3.8, 4) is 0 Å². The van der Waals surface area contributed by atoms with Gasteiger partial charge >= 0.3 is 0 Å². The Hall–Kier alpha value is -1.06. The van der Waals surface area contributed by atoms with E-state index in [1.807, 2.05) is 60.7 Å². The highest BCUT2D eigenvalue weighted by atomic mass is 32.2. The molecule has 0 spiro atoms. The third-order valence-corrected chi connectivity index (χ3v) is 4.81. The molecule has 2 aromatic rings. The van der Waals surface area contributed by atoms with Gasteiger partial charge in [-0.2, -0.15) is 0 Å². The maximum atomic E-state index is 11.9. The van der Waals surface area contributed by atoms with Crippen LogP contribution in [0.5, 0.6) is 0 Å². The maximum Gasteiger partial charge on any atom is 0.0786 e. The van der Waals surface area contributed by atoms with Gasteiger partial charge in [-0.15, -0.1) is 11.8 Å². The van der Waals surface area contributed by atoms with E-state index in [1.165, 1.54) is 0 Å². The number of benzene rings is 2. The molecule has 0 saturated carbocycles. The highest BCUT2D eigenvalue weighted by Crippen LogP contribution is 2.20. The van der Waals surface area contributed by atoms with E-state index in [4.69, 9.17) is 0 Å². The first-order chi connectivity index (χ1) is 7.86. The van der Waals surface area contributed by atoms with Crippen LogP contribution in [0.15, 0.2) is 70.5 Å². The summed E-state index contributed by atoms with van der Waals surface area (Å²) in [6.45, 7) is 0. The second-order valence-electron chi connectivity index (χ2n) is 3.23. The topological polar surface area (TPSA) is 17.1 Å². The molecule has 16 heavy (non-hydrogen) atoms. The van der Waals surface area contributed by atoms with E-state index in [9.17, 15) is 4.21 Å². The fourth-order valence-electron chi connectivity index (χ4n) is 1.28. The Kier molecular flexibility index (Phi) is 4.19. The fraction of sp³-hybridized carbons (Fsp3) is 0.0769. The summed E-state index contributed by atoms with van der Waals surface area (Å²) in [7, 11) is -0.921. The molecule has 0 fully saturated rings. The maximum absolute atomic E-state index is 11.9. The summed E-state index contributed by atoms with van der Waals surface area (Å²) in [5.74, 6) is 0. The van der Waals surface area contributed by atoms with Gasteiger partial charge in [-0.05, 0) is 24.3 Å². The lowest BCUT2D eigenvalue weighted by Crippen LogP contribution is -1.93. The van der Waals surface area contributed by atoms with E-state index >= 15 is 0 Å². The first-order valence-electron chi connectivity index (χ1n) is 4.97. The predicted molar refractivity (Wildman–Crippen MR) is 70.0 cm³/mol. The van der Waals surface area contributed by atoms with E-state index in [2.05, 4.69) is 0 Å². The molecule has 2 rings (SSSR count). The van der Waals surface area contributed by atoms with E-state index in [0.29, 0.717) is 5.08 Å². The quantitative estimate of drug-likeness (QED) is 0.770. The summed E-state index contributed by atoms with van der Waals surface area (Å²) in [4.78, 5) is 2.05. The summed E-state index contributed by atoms with van der Waals surface area (Å²) in [5, 5.41) is 0.605. The zero-order valence-corrected chi connectivity index (χ0v) is 10.3. The monoisotopic (exact) mass is 248 g/mol. The largest absolute Gasteiger partial charge is 0.253 e. The van der Waals surface area contributed by atoms with Crippen molar-refractivity contribution in [1.29, 1.82) is 0 Å². The Bertz CT molecular complexity index is 454. The Morgan fingerprint density at radius 1 is 0.875 bits per heavy atom. The highest BCUT2D eigenvalue weighted by Gasteiger charge is 2.03. The second-order valence-corrected chi connectivity index (χ2v) is 6.10. The van der Waals surface area contributed by atoms with Gasteiger partial charge in [-0.25, -0.2) is 0 Å². The van der Waals surface area contributed by atoms with Gasteiger partial charge in [0.1, 0.15) is 0 Å². The van der Waals surface area contributed by atoms with E-state index in [-0.39, 0.29) is 0 Å². The van der Waals surface area contributed by atoms with Crippen molar-refractivity contribution in [2.45, 2.75) is 9.79 Å². The molecule has 0 aliphatic heterocycles. The smallest absolute Gasteiger partial charge is 0.0786 e. The van der Waals surface area contributed by atoms with Crippen LogP contribution in [0, 0.1) is 0 Å². The first-order valence-corrected chi connectivity index (χ1v) is 7.28. The average Bonchev–Trinajstić information content (AvgIpc) is 2.38. The summed E-state index contributed by atoms with van der Waals surface area (Å²) in [5.41, 5.74) is 0. The Morgan fingerprint density at radius 3 is 2.06 bits per heavy atom. The first kappa shape index (κ1) is 11.4. The number of hydrogen-bond acceptors (Lipinski definition) is 2. The van der Waals surface area contributed by atoms with Crippen LogP contribution in [0.25, 0.3) is 0 Å². The minimum atomic E-state index is -0.921. The zero-order chi connectivity index (χ0) is 11.2. The van der Waals surface area contributed by atoms with Gasteiger partial charge in [0.15, 0.2) is 0 Å². The van der Waals surface area contributed by atoms with Crippen molar-refractivity contribution < 1.29 is 4.21 Å². The molecule has 1 nitrogen and oxygen atoms in total. The lowest BCUT2D eigenvalue weighted by Gasteiger charge is -2.02. The fourth-order valence-corrected chi connectivity index (χ4v) is 3.61. The molecule has 0 N–H and O–H groups in total. The highest BCUT2D eigenvalue weighted by molar-refractivity contribution is 8.10. The van der Waals surface area contributed by atoms with E-state index < -0.39 is 10.8 Å². The van der Waals surface area contributed by atoms with Gasteiger partial charge in [0.05, 0.1) is 15.9 Å². The SMILES string of the molecule is O=[S@](CSc1ccccc1)c1ccccc1. The molecule has 82 valence electrons. The van der Waals surface area contributed by atoms with Crippen LogP contribution < -0.4 is 0 Å². The molecule has 0 radical (unpaired) electrons. The van der Waals surface area contributed by atoms with Gasteiger partial charge in [0.2, 0.25) is 0 Å². The van der Waals surface area contributed by atoms with Gasteiger partial charge in [-0.1, -0.05) is 36.4 Å². The third kappa shape index (κ3) is 3.22. The molecule has 0 amide bonds. The number of rotatable bonds is 4. The molecule has 1 atom stereocenters. The molecular formula is C13H12OS2. The van der Waals surface area contributed by atoms with Crippen LogP contribution in [-0.4, -0.2) is 9.29 Å². The van der Waals surface area contributed by atoms with Crippen molar-refractivity contribution in [3.05, 3.63) is 60.7 Å². The molecule has 0 saturated heterocycles. The Balaban J connectivity index is 1.95. The zero-order valence-electron chi connectivity index (χ0n) is 8.71. The molecule has 2 aromatic carbocycles. The minimum absolute atomic E-state index is 0.605.